The molecule has 2 aromatic rings. The molecule has 1 aliphatic heterocycles. The van der Waals surface area contributed by atoms with Crippen LogP contribution in [0.3, 0.4) is 0 Å². The van der Waals surface area contributed by atoms with E-state index in [0.29, 0.717) is 22.4 Å². The van der Waals surface area contributed by atoms with Crippen molar-refractivity contribution in [2.75, 3.05) is 6.61 Å². The topological polar surface area (TPSA) is 69.7 Å². The van der Waals surface area contributed by atoms with Gasteiger partial charge in [0.15, 0.2) is 5.78 Å². The van der Waals surface area contributed by atoms with E-state index in [9.17, 15) is 14.4 Å². The smallest absolute Gasteiger partial charge is 0.334 e. The van der Waals surface area contributed by atoms with Crippen LogP contribution in [0.5, 0.6) is 5.75 Å². The van der Waals surface area contributed by atoms with Crippen molar-refractivity contribution in [2.45, 2.75) is 26.2 Å². The monoisotopic (exact) mass is 376 g/mol. The van der Waals surface area contributed by atoms with Crippen LogP contribution in [-0.2, 0) is 14.3 Å². The van der Waals surface area contributed by atoms with Gasteiger partial charge in [0.2, 0.25) is 0 Å². The van der Waals surface area contributed by atoms with Gasteiger partial charge in [0.05, 0.1) is 6.61 Å². The first-order chi connectivity index (χ1) is 13.5. The molecule has 0 fully saturated rings. The fourth-order valence-corrected chi connectivity index (χ4v) is 4.10. The van der Waals surface area contributed by atoms with Gasteiger partial charge in [-0.25, -0.2) is 4.79 Å². The summed E-state index contributed by atoms with van der Waals surface area (Å²) in [5.41, 5.74) is 0.932. The summed E-state index contributed by atoms with van der Waals surface area (Å²) in [5.74, 6) is -1.82. The van der Waals surface area contributed by atoms with E-state index in [1.807, 2.05) is 19.1 Å². The molecule has 1 heterocycles. The first kappa shape index (κ1) is 18.2. The van der Waals surface area contributed by atoms with Gasteiger partial charge in [-0.2, -0.15) is 0 Å². The van der Waals surface area contributed by atoms with Crippen LogP contribution in [0.4, 0.5) is 0 Å². The second kappa shape index (κ2) is 6.75. The number of benzene rings is 2. The van der Waals surface area contributed by atoms with Gasteiger partial charge in [-0.1, -0.05) is 54.1 Å². The molecule has 0 amide bonds. The van der Waals surface area contributed by atoms with Gasteiger partial charge in [0, 0.05) is 22.6 Å². The lowest BCUT2D eigenvalue weighted by atomic mass is 9.66. The summed E-state index contributed by atoms with van der Waals surface area (Å²) in [6, 6.07) is 14.1. The molecule has 4 rings (SSSR count). The number of aryl methyl sites for hydroxylation is 1. The van der Waals surface area contributed by atoms with Crippen LogP contribution < -0.4 is 4.74 Å². The number of hydrogen-bond acceptors (Lipinski definition) is 5. The number of fused-ring (bicyclic) bond motifs is 3. The summed E-state index contributed by atoms with van der Waals surface area (Å²) < 4.78 is 10.8. The van der Waals surface area contributed by atoms with Gasteiger partial charge < -0.3 is 9.47 Å². The molecular formula is C23H20O5. The van der Waals surface area contributed by atoms with E-state index < -0.39 is 23.3 Å². The zero-order chi connectivity index (χ0) is 19.9. The van der Waals surface area contributed by atoms with E-state index in [-0.39, 0.29) is 18.8 Å². The molecule has 0 aromatic heterocycles. The SMILES string of the molecule is CCOC(=O)C1=CCC2(C(=O)c3ccc(C)cc3)C(=O)Oc3ccccc3C12. The fraction of sp³-hybridized carbons (Fsp3) is 0.261. The Morgan fingerprint density at radius 2 is 1.86 bits per heavy atom. The van der Waals surface area contributed by atoms with E-state index in [4.69, 9.17) is 9.47 Å². The van der Waals surface area contributed by atoms with E-state index in [1.165, 1.54) is 0 Å². The van der Waals surface area contributed by atoms with Crippen LogP contribution in [0.1, 0.15) is 40.7 Å². The molecule has 1 aliphatic carbocycles. The average molecular weight is 376 g/mol. The second-order valence-corrected chi connectivity index (χ2v) is 7.11. The van der Waals surface area contributed by atoms with E-state index in [0.717, 1.165) is 5.56 Å². The summed E-state index contributed by atoms with van der Waals surface area (Å²) in [6.45, 7) is 3.87. The Labute approximate surface area is 163 Å². The number of rotatable bonds is 4. The lowest BCUT2D eigenvalue weighted by Crippen LogP contribution is -2.48. The molecule has 0 N–H and O–H groups in total. The predicted octanol–water partition coefficient (Wildman–Crippen LogP) is 3.76. The molecule has 2 unspecified atom stereocenters. The summed E-state index contributed by atoms with van der Waals surface area (Å²) in [4.78, 5) is 39.3. The number of para-hydroxylation sites is 1. The fourth-order valence-electron chi connectivity index (χ4n) is 4.10. The molecule has 2 atom stereocenters. The minimum atomic E-state index is -1.49. The Bertz CT molecular complexity index is 1000. The van der Waals surface area contributed by atoms with Gasteiger partial charge in [-0.15, -0.1) is 0 Å². The number of allylic oxidation sites excluding steroid dienone is 1. The Morgan fingerprint density at radius 1 is 1.14 bits per heavy atom. The molecule has 142 valence electrons. The summed E-state index contributed by atoms with van der Waals surface area (Å²) in [7, 11) is 0. The lowest BCUT2D eigenvalue weighted by Gasteiger charge is -2.38. The van der Waals surface area contributed by atoms with Gasteiger partial charge in [-0.05, 0) is 26.3 Å². The average Bonchev–Trinajstić information content (AvgIpc) is 3.11. The summed E-state index contributed by atoms with van der Waals surface area (Å²) in [5, 5.41) is 0. The molecule has 5 nitrogen and oxygen atoms in total. The van der Waals surface area contributed by atoms with Gasteiger partial charge in [-0.3, -0.25) is 9.59 Å². The van der Waals surface area contributed by atoms with Crippen molar-refractivity contribution in [3.8, 4) is 5.75 Å². The quantitative estimate of drug-likeness (QED) is 0.352. The minimum absolute atomic E-state index is 0.103. The third kappa shape index (κ3) is 2.58. The van der Waals surface area contributed by atoms with E-state index in [2.05, 4.69) is 0 Å². The summed E-state index contributed by atoms with van der Waals surface area (Å²) >= 11 is 0. The first-order valence-corrected chi connectivity index (χ1v) is 9.29. The highest BCUT2D eigenvalue weighted by atomic mass is 16.5. The van der Waals surface area contributed by atoms with Crippen LogP contribution in [0, 0.1) is 12.3 Å². The predicted molar refractivity (Wildman–Crippen MR) is 102 cm³/mol. The largest absolute Gasteiger partial charge is 0.463 e. The number of ether oxygens (including phenoxy) is 2. The van der Waals surface area contributed by atoms with Crippen LogP contribution in [-0.4, -0.2) is 24.3 Å². The molecule has 2 aliphatic rings. The number of hydrogen-bond donors (Lipinski definition) is 0. The van der Waals surface area contributed by atoms with Crippen molar-refractivity contribution < 1.29 is 23.9 Å². The molecule has 28 heavy (non-hydrogen) atoms. The van der Waals surface area contributed by atoms with Crippen LogP contribution in [0.15, 0.2) is 60.2 Å². The standard InChI is InChI=1S/C23H20O5/c1-3-27-21(25)17-12-13-23(20(24)15-10-8-14(2)9-11-15)19(17)16-6-4-5-7-18(16)28-22(23)26/h4-12,19H,3,13H2,1-2H3. The molecule has 0 spiro atoms. The molecule has 0 bridgehead atoms. The molecule has 0 saturated carbocycles. The molecule has 5 heteroatoms. The maximum atomic E-state index is 13.6. The van der Waals surface area contributed by atoms with Crippen LogP contribution in [0.2, 0.25) is 0 Å². The second-order valence-electron chi connectivity index (χ2n) is 7.11. The van der Waals surface area contributed by atoms with Gasteiger partial charge in [0.25, 0.3) is 0 Å². The number of ketones is 1. The number of carbonyl (C=O) groups excluding carboxylic acids is 3. The third-order valence-electron chi connectivity index (χ3n) is 5.47. The zero-order valence-electron chi connectivity index (χ0n) is 15.7. The normalized spacial score (nSPS) is 22.6. The molecule has 0 saturated heterocycles. The Kier molecular flexibility index (Phi) is 4.38. The van der Waals surface area contributed by atoms with Crippen molar-refractivity contribution in [3.05, 3.63) is 76.9 Å². The molecular weight excluding hydrogens is 356 g/mol. The number of carbonyl (C=O) groups is 3. The molecule has 2 aromatic carbocycles. The number of esters is 2. The minimum Gasteiger partial charge on any atom is -0.463 e. The van der Waals surface area contributed by atoms with Crippen molar-refractivity contribution in [3.63, 3.8) is 0 Å². The van der Waals surface area contributed by atoms with Gasteiger partial charge >= 0.3 is 11.9 Å². The van der Waals surface area contributed by atoms with Crippen molar-refractivity contribution in [1.29, 1.82) is 0 Å². The summed E-state index contributed by atoms with van der Waals surface area (Å²) in [6.07, 6.45) is 1.75. The lowest BCUT2D eigenvalue weighted by molar-refractivity contribution is -0.145. The zero-order valence-corrected chi connectivity index (χ0v) is 15.7. The van der Waals surface area contributed by atoms with Crippen molar-refractivity contribution in [1.82, 2.24) is 0 Å². The van der Waals surface area contributed by atoms with Gasteiger partial charge in [0.1, 0.15) is 11.2 Å². The highest BCUT2D eigenvalue weighted by Gasteiger charge is 2.61. The maximum absolute atomic E-state index is 13.6. The van der Waals surface area contributed by atoms with Crippen LogP contribution >= 0.6 is 0 Å². The highest BCUT2D eigenvalue weighted by Crippen LogP contribution is 2.56. The number of Topliss-reactive ketones (excluding diaryl/α,β-unsaturated/α-hetero) is 1. The first-order valence-electron chi connectivity index (χ1n) is 9.29. The maximum Gasteiger partial charge on any atom is 0.334 e. The van der Waals surface area contributed by atoms with Crippen LogP contribution in [0.25, 0.3) is 0 Å². The third-order valence-corrected chi connectivity index (χ3v) is 5.47. The Hall–Kier alpha value is -3.21. The van der Waals surface area contributed by atoms with E-state index >= 15 is 0 Å². The Balaban J connectivity index is 1.87. The van der Waals surface area contributed by atoms with Crippen molar-refractivity contribution >= 4 is 17.7 Å². The molecule has 0 radical (unpaired) electrons. The van der Waals surface area contributed by atoms with Crippen molar-refractivity contribution in [2.24, 2.45) is 5.41 Å². The Morgan fingerprint density at radius 3 is 2.57 bits per heavy atom. The van der Waals surface area contributed by atoms with E-state index in [1.54, 1.807) is 49.4 Å². The highest BCUT2D eigenvalue weighted by molar-refractivity contribution is 6.17.